The van der Waals surface area contributed by atoms with Gasteiger partial charge >= 0.3 is 0 Å². The van der Waals surface area contributed by atoms with Crippen molar-refractivity contribution in [3.63, 3.8) is 0 Å². The van der Waals surface area contributed by atoms with E-state index in [-0.39, 0.29) is 35.1 Å². The molecule has 0 atom stereocenters. The van der Waals surface area contributed by atoms with Crippen LogP contribution in [0.2, 0.25) is 0 Å². The first-order valence-corrected chi connectivity index (χ1v) is 47.0. The van der Waals surface area contributed by atoms with Crippen LogP contribution in [-0.4, -0.2) is 18.0 Å². The van der Waals surface area contributed by atoms with E-state index in [1.54, 1.807) is 0 Å². The van der Waals surface area contributed by atoms with E-state index in [4.69, 9.17) is 4.74 Å². The van der Waals surface area contributed by atoms with Crippen molar-refractivity contribution < 1.29 is 4.74 Å². The van der Waals surface area contributed by atoms with Gasteiger partial charge in [0.25, 0.3) is 13.4 Å². The first-order chi connectivity index (χ1) is 64.0. The van der Waals surface area contributed by atoms with Crippen molar-refractivity contribution in [1.82, 2.24) is 4.57 Å². The number of para-hydroxylation sites is 4. The number of fused-ring (bicyclic) bond motifs is 21. The van der Waals surface area contributed by atoms with Gasteiger partial charge in [0.15, 0.2) is 0 Å². The van der Waals surface area contributed by atoms with Crippen molar-refractivity contribution >= 4 is 119 Å². The van der Waals surface area contributed by atoms with Crippen LogP contribution in [0.3, 0.4) is 0 Å². The molecule has 1 aromatic heterocycles. The molecule has 18 aromatic carbocycles. The Balaban J connectivity index is 0.833. The molecule has 0 saturated carbocycles. The average Bonchev–Trinajstić information content (AvgIpc) is 1.36. The van der Waals surface area contributed by atoms with Gasteiger partial charge in [-0.3, -0.25) is 0 Å². The van der Waals surface area contributed by atoms with Gasteiger partial charge in [-0.15, -0.1) is 0 Å². The van der Waals surface area contributed by atoms with E-state index in [0.717, 1.165) is 146 Å². The number of benzene rings is 18. The number of hydrogen-bond donors (Lipinski definition) is 0. The fourth-order valence-corrected chi connectivity index (χ4v) is 23.3. The Morgan fingerprint density at radius 3 is 1.08 bits per heavy atom. The quantitative estimate of drug-likeness (QED) is 0.134. The molecule has 0 N–H and O–H groups in total. The molecule has 632 valence electrons. The molecular formula is C125H100B2N4O. The summed E-state index contributed by atoms with van der Waals surface area (Å²) in [7, 11) is 0. The Bertz CT molecular complexity index is 7780. The third kappa shape index (κ3) is 11.8. The Hall–Kier alpha value is -14.9. The predicted molar refractivity (Wildman–Crippen MR) is 559 cm³/mol. The molecule has 5 heterocycles. The van der Waals surface area contributed by atoms with Gasteiger partial charge in [0.2, 0.25) is 0 Å². The molecule has 25 rings (SSSR count). The Labute approximate surface area is 775 Å². The van der Waals surface area contributed by atoms with Gasteiger partial charge in [0.05, 0.1) is 33.5 Å². The van der Waals surface area contributed by atoms with Crippen LogP contribution in [0.1, 0.15) is 128 Å². The Kier molecular flexibility index (Phi) is 17.4. The average molecular weight is 1700 g/mol. The molecule has 132 heavy (non-hydrogen) atoms. The van der Waals surface area contributed by atoms with Gasteiger partial charge < -0.3 is 24.0 Å². The largest absolute Gasteiger partial charge is 0.458 e. The zero-order valence-corrected chi connectivity index (χ0v) is 76.8. The summed E-state index contributed by atoms with van der Waals surface area (Å²) in [6.45, 7) is 27.7. The molecule has 0 unspecified atom stereocenters. The Morgan fingerprint density at radius 1 is 0.235 bits per heavy atom. The molecule has 0 fully saturated rings. The summed E-state index contributed by atoms with van der Waals surface area (Å²) in [6.07, 6.45) is 0. The van der Waals surface area contributed by atoms with E-state index in [9.17, 15) is 0 Å². The van der Waals surface area contributed by atoms with Crippen molar-refractivity contribution in [2.45, 2.75) is 110 Å². The molecule has 0 saturated heterocycles. The number of anilines is 9. The molecule has 5 nitrogen and oxygen atoms in total. The summed E-state index contributed by atoms with van der Waals surface area (Å²) >= 11 is 0. The molecule has 0 amide bonds. The smallest absolute Gasteiger partial charge is 0.256 e. The lowest BCUT2D eigenvalue weighted by Crippen LogP contribution is -2.64. The molecule has 6 aliphatic rings. The fraction of sp³-hybridized carbons (Fsp3) is 0.136. The van der Waals surface area contributed by atoms with Crippen molar-refractivity contribution in [3.05, 3.63) is 433 Å². The molecule has 2 aliphatic carbocycles. The minimum atomic E-state index is -0.669. The molecule has 0 bridgehead atoms. The van der Waals surface area contributed by atoms with Crippen LogP contribution in [-0.2, 0) is 27.1 Å². The van der Waals surface area contributed by atoms with Crippen LogP contribution in [0.4, 0.5) is 51.2 Å². The van der Waals surface area contributed by atoms with Crippen LogP contribution in [0, 0.1) is 0 Å². The van der Waals surface area contributed by atoms with Gasteiger partial charge in [-0.05, 0) is 240 Å². The summed E-state index contributed by atoms with van der Waals surface area (Å²) in [6, 6.07) is 149. The highest BCUT2D eigenvalue weighted by atomic mass is 16.5. The maximum Gasteiger partial charge on any atom is 0.256 e. The van der Waals surface area contributed by atoms with Crippen molar-refractivity contribution in [3.8, 4) is 95.1 Å². The van der Waals surface area contributed by atoms with Crippen LogP contribution in [0.15, 0.2) is 388 Å². The van der Waals surface area contributed by atoms with Crippen LogP contribution in [0.5, 0.6) is 11.5 Å². The second-order valence-electron chi connectivity index (χ2n) is 41.4. The summed E-state index contributed by atoms with van der Waals surface area (Å²) < 4.78 is 11.1. The highest BCUT2D eigenvalue weighted by Crippen LogP contribution is 2.66. The number of aromatic nitrogens is 1. The van der Waals surface area contributed by atoms with Crippen molar-refractivity contribution in [2.75, 3.05) is 14.7 Å². The third-order valence-electron chi connectivity index (χ3n) is 29.6. The molecule has 19 aromatic rings. The van der Waals surface area contributed by atoms with Crippen molar-refractivity contribution in [1.29, 1.82) is 0 Å². The van der Waals surface area contributed by atoms with E-state index in [1.807, 2.05) is 0 Å². The molecule has 0 radical (unpaired) electrons. The first kappa shape index (κ1) is 79.3. The molecule has 4 aliphatic heterocycles. The standard InChI is InChI=1S/C125H100B2N4O/c1-121(2,3)82-66-83(122(4,5)6)68-86(67-82)129-108-62-37-33-58-102(108)126-104-75-105-114(76-110(104)131(113-74-87(73-112(129)117(113)126)128-106-60-35-28-51-92(106)93-52-29-36-61-107(93)128)120-97(79-44-21-15-22-45-79)71-85(124(10,11)12)72-98(120)80-46-23-16-24-47-80)132-115-65-81(88-53-39-54-94-91-50-27-32-57-101(91)125(116(88)94)99-55-30-25-48-89(99)90-49-26-31-56-100(90)125)64-111-118(115)127(105)103-59-34-38-63-109(103)130(111)119-95(77-40-17-13-18-41-77)69-84(123(7,8)9)70-96(119)78-42-19-14-20-43-78/h13-76H,1-12H3. The lowest BCUT2D eigenvalue weighted by molar-refractivity contribution is 0.488. The summed E-state index contributed by atoms with van der Waals surface area (Å²) in [5, 5.41) is 2.41. The van der Waals surface area contributed by atoms with E-state index in [1.165, 1.54) is 99.4 Å². The summed E-state index contributed by atoms with van der Waals surface area (Å²) in [5.74, 6) is 1.62. The topological polar surface area (TPSA) is 23.9 Å². The lowest BCUT2D eigenvalue weighted by atomic mass is 9.30. The van der Waals surface area contributed by atoms with Gasteiger partial charge in [-0.25, -0.2) is 0 Å². The minimum absolute atomic E-state index is 0.192. The van der Waals surface area contributed by atoms with Crippen molar-refractivity contribution in [2.24, 2.45) is 0 Å². The number of nitrogens with zero attached hydrogens (tertiary/aromatic N) is 4. The predicted octanol–water partition coefficient (Wildman–Crippen LogP) is 29.1. The number of ether oxygens (including phenoxy) is 1. The van der Waals surface area contributed by atoms with E-state index in [2.05, 4.69) is 491 Å². The summed E-state index contributed by atoms with van der Waals surface area (Å²) in [4.78, 5) is 8.07. The highest BCUT2D eigenvalue weighted by molar-refractivity contribution is 7.02. The maximum absolute atomic E-state index is 8.56. The first-order valence-electron chi connectivity index (χ1n) is 47.0. The van der Waals surface area contributed by atoms with Crippen LogP contribution >= 0.6 is 0 Å². The molecular weight excluding hydrogens is 1600 g/mol. The fourth-order valence-electron chi connectivity index (χ4n) is 23.3. The molecule has 7 heteroatoms. The van der Waals surface area contributed by atoms with E-state index in [0.29, 0.717) is 0 Å². The normalized spacial score (nSPS) is 14.0. The summed E-state index contributed by atoms with van der Waals surface area (Å²) in [5.41, 5.74) is 45.4. The number of rotatable bonds is 9. The SMILES string of the molecule is CC(C)(C)c1cc(N2c3ccccc3B3c4cc5c(cc4N(c4c(-c6ccccc6)cc(C(C)(C)C)cc4-c4ccccc4)c4cc(-n6c7ccccc7c7ccccc76)cc2c43)Oc2cc(-c3cccc4c3C3(c6ccccc6-c6ccccc63)c3ccccc3-4)cc3c2B5c2ccccc2N3c2c(-c3ccccc3)cc(C(C)(C)C)cc2-c2ccccc2)cc(C(C)(C)C)c1. The van der Waals surface area contributed by atoms with Crippen LogP contribution in [0.25, 0.3) is 105 Å². The maximum atomic E-state index is 8.56. The lowest BCUT2D eigenvalue weighted by Gasteiger charge is -2.46. The van der Waals surface area contributed by atoms with Gasteiger partial charge in [0, 0.05) is 78.9 Å². The van der Waals surface area contributed by atoms with Gasteiger partial charge in [-0.2, -0.15) is 0 Å². The third-order valence-corrected chi connectivity index (χ3v) is 29.6. The van der Waals surface area contributed by atoms with E-state index >= 15 is 0 Å². The number of hydrogen-bond acceptors (Lipinski definition) is 4. The molecule has 1 spiro atoms. The highest BCUT2D eigenvalue weighted by Gasteiger charge is 2.55. The second kappa shape index (κ2) is 29.0. The Morgan fingerprint density at radius 2 is 0.606 bits per heavy atom. The van der Waals surface area contributed by atoms with Gasteiger partial charge in [0.1, 0.15) is 11.5 Å². The van der Waals surface area contributed by atoms with Gasteiger partial charge in [-0.1, -0.05) is 380 Å². The zero-order chi connectivity index (χ0) is 89.3. The second-order valence-corrected chi connectivity index (χ2v) is 41.4. The van der Waals surface area contributed by atoms with Crippen LogP contribution < -0.4 is 52.2 Å². The minimum Gasteiger partial charge on any atom is -0.458 e. The monoisotopic (exact) mass is 1690 g/mol. The zero-order valence-electron chi connectivity index (χ0n) is 76.8. The van der Waals surface area contributed by atoms with E-state index < -0.39 is 5.41 Å².